The molecule has 0 unspecified atom stereocenters. The molecule has 0 aliphatic rings. The summed E-state index contributed by atoms with van der Waals surface area (Å²) in [7, 11) is 0. The predicted octanol–water partition coefficient (Wildman–Crippen LogP) is 5.17. The summed E-state index contributed by atoms with van der Waals surface area (Å²) in [4.78, 5) is 12.4. The van der Waals surface area contributed by atoms with Gasteiger partial charge in [0, 0.05) is 5.56 Å². The van der Waals surface area contributed by atoms with Crippen LogP contribution in [0.1, 0.15) is 37.0 Å². The first-order valence-electron chi connectivity index (χ1n) is 8.11. The Bertz CT molecular complexity index is 688. The van der Waals surface area contributed by atoms with Crippen LogP contribution in [0, 0.1) is 0 Å². The first kappa shape index (κ1) is 18.1. The van der Waals surface area contributed by atoms with Crippen molar-refractivity contribution in [1.29, 1.82) is 0 Å². The van der Waals surface area contributed by atoms with Gasteiger partial charge in [-0.15, -0.1) is 0 Å². The number of para-hydroxylation sites is 1. The molecule has 0 fully saturated rings. The molecule has 2 rings (SSSR count). The molecule has 0 saturated heterocycles. The zero-order valence-electron chi connectivity index (χ0n) is 14.0. The molecule has 0 aromatic heterocycles. The van der Waals surface area contributed by atoms with Crippen molar-refractivity contribution >= 4 is 23.2 Å². The molecular weight excluding hydrogens is 326 g/mol. The highest BCUT2D eigenvalue weighted by atomic mass is 35.5. The third-order valence-electron chi connectivity index (χ3n) is 3.38. The maximum atomic E-state index is 12.4. The van der Waals surface area contributed by atoms with Crippen molar-refractivity contribution in [3.05, 3.63) is 53.1 Å². The van der Waals surface area contributed by atoms with Crippen LogP contribution in [0.5, 0.6) is 11.5 Å². The summed E-state index contributed by atoms with van der Waals surface area (Å²) < 4.78 is 11.3. The summed E-state index contributed by atoms with van der Waals surface area (Å²) in [6.45, 7) is 5.13. The quantitative estimate of drug-likeness (QED) is 0.670. The summed E-state index contributed by atoms with van der Waals surface area (Å²) in [5, 5.41) is 3.30. The second kappa shape index (κ2) is 9.18. The number of unbranched alkanes of at least 4 members (excludes halogenated alkanes) is 1. The molecular formula is C19H22ClNO3. The lowest BCUT2D eigenvalue weighted by Gasteiger charge is -2.13. The average Bonchev–Trinajstić information content (AvgIpc) is 2.58. The van der Waals surface area contributed by atoms with Gasteiger partial charge in [0.1, 0.15) is 0 Å². The number of ether oxygens (including phenoxy) is 2. The minimum atomic E-state index is -0.246. The van der Waals surface area contributed by atoms with E-state index in [1.807, 2.05) is 19.1 Å². The van der Waals surface area contributed by atoms with Crippen LogP contribution < -0.4 is 14.8 Å². The highest BCUT2D eigenvalue weighted by molar-refractivity contribution is 6.33. The Morgan fingerprint density at radius 3 is 2.58 bits per heavy atom. The number of carbonyl (C=O) groups excluding carboxylic acids is 1. The molecule has 0 heterocycles. The van der Waals surface area contributed by atoms with Gasteiger partial charge in [-0.2, -0.15) is 0 Å². The Hall–Kier alpha value is -2.20. The molecule has 0 atom stereocenters. The summed E-state index contributed by atoms with van der Waals surface area (Å²) in [5.41, 5.74) is 1.06. The maximum absolute atomic E-state index is 12.4. The Morgan fingerprint density at radius 1 is 1.08 bits per heavy atom. The summed E-state index contributed by atoms with van der Waals surface area (Å²) in [5.74, 6) is 0.976. The van der Waals surface area contributed by atoms with Crippen molar-refractivity contribution in [3.63, 3.8) is 0 Å². The molecule has 5 heteroatoms. The second-order valence-corrected chi connectivity index (χ2v) is 5.64. The molecule has 1 N–H and O–H groups in total. The molecule has 0 spiro atoms. The third kappa shape index (κ3) is 4.90. The van der Waals surface area contributed by atoms with E-state index in [1.165, 1.54) is 0 Å². The van der Waals surface area contributed by atoms with Crippen LogP contribution in [0.4, 0.5) is 5.69 Å². The molecule has 4 nitrogen and oxygen atoms in total. The fourth-order valence-electron chi connectivity index (χ4n) is 2.12. The van der Waals surface area contributed by atoms with Crippen molar-refractivity contribution in [2.45, 2.75) is 26.7 Å². The van der Waals surface area contributed by atoms with E-state index in [0.29, 0.717) is 41.0 Å². The Labute approximate surface area is 147 Å². The smallest absolute Gasteiger partial charge is 0.255 e. The van der Waals surface area contributed by atoms with Crippen LogP contribution in [0.2, 0.25) is 5.02 Å². The van der Waals surface area contributed by atoms with Crippen LogP contribution >= 0.6 is 11.6 Å². The minimum absolute atomic E-state index is 0.246. The SMILES string of the molecule is CCCCOc1ccc(C(=O)Nc2ccccc2Cl)cc1OCC. The van der Waals surface area contributed by atoms with E-state index in [-0.39, 0.29) is 5.91 Å². The van der Waals surface area contributed by atoms with Gasteiger partial charge in [0.2, 0.25) is 0 Å². The standard InChI is InChI=1S/C19H22ClNO3/c1-3-5-12-24-17-11-10-14(13-18(17)23-4-2)19(22)21-16-9-7-6-8-15(16)20/h6-11,13H,3-5,12H2,1-2H3,(H,21,22). The van der Waals surface area contributed by atoms with E-state index in [4.69, 9.17) is 21.1 Å². The van der Waals surface area contributed by atoms with E-state index in [2.05, 4.69) is 12.2 Å². The largest absolute Gasteiger partial charge is 0.490 e. The van der Waals surface area contributed by atoms with Crippen LogP contribution in [-0.2, 0) is 0 Å². The zero-order valence-corrected chi connectivity index (χ0v) is 14.7. The van der Waals surface area contributed by atoms with Crippen molar-refractivity contribution in [2.75, 3.05) is 18.5 Å². The lowest BCUT2D eigenvalue weighted by atomic mass is 10.1. The van der Waals surface area contributed by atoms with Crippen molar-refractivity contribution in [2.24, 2.45) is 0 Å². The number of hydrogen-bond donors (Lipinski definition) is 1. The molecule has 0 saturated carbocycles. The number of rotatable bonds is 8. The summed E-state index contributed by atoms with van der Waals surface area (Å²) in [6, 6.07) is 12.3. The van der Waals surface area contributed by atoms with Gasteiger partial charge in [0.15, 0.2) is 11.5 Å². The molecule has 0 radical (unpaired) electrons. The Morgan fingerprint density at radius 2 is 1.88 bits per heavy atom. The van der Waals surface area contributed by atoms with Crippen LogP contribution in [0.15, 0.2) is 42.5 Å². The van der Waals surface area contributed by atoms with Crippen molar-refractivity contribution < 1.29 is 14.3 Å². The number of halogens is 1. The molecule has 2 aromatic carbocycles. The number of anilines is 1. The number of carbonyl (C=O) groups is 1. The van der Waals surface area contributed by atoms with E-state index in [9.17, 15) is 4.79 Å². The number of hydrogen-bond acceptors (Lipinski definition) is 3. The van der Waals surface area contributed by atoms with Gasteiger partial charge in [-0.05, 0) is 43.7 Å². The van der Waals surface area contributed by atoms with E-state index < -0.39 is 0 Å². The highest BCUT2D eigenvalue weighted by Crippen LogP contribution is 2.29. The molecule has 1 amide bonds. The van der Waals surface area contributed by atoms with Gasteiger partial charge in [0.25, 0.3) is 5.91 Å². The monoisotopic (exact) mass is 347 g/mol. The van der Waals surface area contributed by atoms with E-state index in [1.54, 1.807) is 30.3 Å². The maximum Gasteiger partial charge on any atom is 0.255 e. The second-order valence-electron chi connectivity index (χ2n) is 5.23. The van der Waals surface area contributed by atoms with Gasteiger partial charge in [-0.25, -0.2) is 0 Å². The fraction of sp³-hybridized carbons (Fsp3) is 0.316. The van der Waals surface area contributed by atoms with Crippen LogP contribution in [0.25, 0.3) is 0 Å². The lowest BCUT2D eigenvalue weighted by Crippen LogP contribution is -2.12. The lowest BCUT2D eigenvalue weighted by molar-refractivity contribution is 0.102. The third-order valence-corrected chi connectivity index (χ3v) is 3.71. The van der Waals surface area contributed by atoms with Crippen molar-refractivity contribution in [3.8, 4) is 11.5 Å². The van der Waals surface area contributed by atoms with E-state index >= 15 is 0 Å². The molecule has 2 aromatic rings. The van der Waals surface area contributed by atoms with Gasteiger partial charge < -0.3 is 14.8 Å². The normalized spacial score (nSPS) is 10.3. The first-order chi connectivity index (χ1) is 11.7. The first-order valence-corrected chi connectivity index (χ1v) is 8.49. The summed E-state index contributed by atoms with van der Waals surface area (Å²) >= 11 is 6.07. The molecule has 128 valence electrons. The van der Waals surface area contributed by atoms with Gasteiger partial charge in [0.05, 0.1) is 23.9 Å². The van der Waals surface area contributed by atoms with E-state index in [0.717, 1.165) is 12.8 Å². The van der Waals surface area contributed by atoms with Crippen LogP contribution in [0.3, 0.4) is 0 Å². The topological polar surface area (TPSA) is 47.6 Å². The molecule has 0 bridgehead atoms. The van der Waals surface area contributed by atoms with Gasteiger partial charge in [-0.1, -0.05) is 37.1 Å². The summed E-state index contributed by atoms with van der Waals surface area (Å²) in [6.07, 6.45) is 2.03. The number of benzene rings is 2. The number of nitrogens with one attached hydrogen (secondary N) is 1. The highest BCUT2D eigenvalue weighted by Gasteiger charge is 2.13. The molecule has 0 aliphatic carbocycles. The minimum Gasteiger partial charge on any atom is -0.490 e. The Kier molecular flexibility index (Phi) is 6.94. The van der Waals surface area contributed by atoms with Crippen LogP contribution in [-0.4, -0.2) is 19.1 Å². The number of amides is 1. The molecule has 24 heavy (non-hydrogen) atoms. The van der Waals surface area contributed by atoms with Gasteiger partial charge in [-0.3, -0.25) is 4.79 Å². The molecule has 0 aliphatic heterocycles. The predicted molar refractivity (Wildman–Crippen MR) is 97.4 cm³/mol. The zero-order chi connectivity index (χ0) is 17.4. The Balaban J connectivity index is 2.16. The van der Waals surface area contributed by atoms with Gasteiger partial charge >= 0.3 is 0 Å². The average molecular weight is 348 g/mol. The van der Waals surface area contributed by atoms with Crippen molar-refractivity contribution in [1.82, 2.24) is 0 Å². The fourth-order valence-corrected chi connectivity index (χ4v) is 2.30.